The Morgan fingerprint density at radius 1 is 1.30 bits per heavy atom. The Morgan fingerprint density at radius 3 is 2.55 bits per heavy atom. The molecule has 0 aliphatic heterocycles. The van der Waals surface area contributed by atoms with Gasteiger partial charge < -0.3 is 4.74 Å². The molecule has 2 nitrogen and oxygen atoms in total. The van der Waals surface area contributed by atoms with Gasteiger partial charge in [0.05, 0.1) is 8.66 Å². The Bertz CT molecular complexity index is 630. The number of alkyl halides is 3. The van der Waals surface area contributed by atoms with Crippen LogP contribution in [0.4, 0.5) is 13.2 Å². The van der Waals surface area contributed by atoms with E-state index in [4.69, 9.17) is 0 Å². The number of aryl methyl sites for hydroxylation is 1. The van der Waals surface area contributed by atoms with Gasteiger partial charge in [0.1, 0.15) is 5.75 Å². The second-order valence-electron chi connectivity index (χ2n) is 3.97. The maximum atomic E-state index is 12.2. The molecule has 0 amide bonds. The first-order valence-corrected chi connectivity index (χ1v) is 7.03. The third-order valence-corrected chi connectivity index (χ3v) is 4.55. The van der Waals surface area contributed by atoms with Gasteiger partial charge in [-0.15, -0.1) is 24.5 Å². The van der Waals surface area contributed by atoms with Crippen molar-refractivity contribution in [2.75, 3.05) is 0 Å². The van der Waals surface area contributed by atoms with E-state index >= 15 is 0 Å². The number of ether oxygens (including phenoxy) is 1. The molecule has 106 valence electrons. The fourth-order valence-electron chi connectivity index (χ4n) is 1.55. The summed E-state index contributed by atoms with van der Waals surface area (Å²) in [7, 11) is 0. The van der Waals surface area contributed by atoms with Gasteiger partial charge in [0.15, 0.2) is 0 Å². The minimum absolute atomic E-state index is 0.153. The summed E-state index contributed by atoms with van der Waals surface area (Å²) >= 11 is 4.54. The van der Waals surface area contributed by atoms with Crippen molar-refractivity contribution < 1.29 is 22.7 Å². The summed E-state index contributed by atoms with van der Waals surface area (Å²) in [5, 5.41) is 0. The molecule has 0 aliphatic rings. The van der Waals surface area contributed by atoms with Crippen molar-refractivity contribution in [2.24, 2.45) is 0 Å². The molecule has 1 heterocycles. The minimum atomic E-state index is -4.77. The van der Waals surface area contributed by atoms with Crippen LogP contribution in [-0.2, 0) is 0 Å². The van der Waals surface area contributed by atoms with E-state index in [-0.39, 0.29) is 11.3 Å². The Morgan fingerprint density at radius 2 is 2.00 bits per heavy atom. The predicted molar refractivity (Wildman–Crippen MR) is 73.3 cm³/mol. The van der Waals surface area contributed by atoms with E-state index < -0.39 is 12.1 Å². The maximum absolute atomic E-state index is 12.2. The summed E-state index contributed by atoms with van der Waals surface area (Å²) in [6.45, 7) is 1.83. The number of ketones is 1. The lowest BCUT2D eigenvalue weighted by atomic mass is 10.1. The van der Waals surface area contributed by atoms with Gasteiger partial charge in [0.2, 0.25) is 5.78 Å². The van der Waals surface area contributed by atoms with Crippen molar-refractivity contribution in [3.05, 3.63) is 50.1 Å². The topological polar surface area (TPSA) is 26.3 Å². The molecule has 0 saturated heterocycles. The first kappa shape index (κ1) is 15.1. The molecule has 0 atom stereocenters. The largest absolute Gasteiger partial charge is 0.573 e. The van der Waals surface area contributed by atoms with Gasteiger partial charge in [-0.1, -0.05) is 12.1 Å². The molecule has 0 unspecified atom stereocenters. The van der Waals surface area contributed by atoms with E-state index in [9.17, 15) is 18.0 Å². The number of carbonyl (C=O) groups is 1. The summed E-state index contributed by atoms with van der Waals surface area (Å²) in [5.41, 5.74) is 1.06. The van der Waals surface area contributed by atoms with Gasteiger partial charge >= 0.3 is 6.36 Å². The van der Waals surface area contributed by atoms with Crippen molar-refractivity contribution in [1.29, 1.82) is 0 Å². The fourth-order valence-corrected chi connectivity index (χ4v) is 3.05. The average Bonchev–Trinajstić information content (AvgIpc) is 2.67. The summed E-state index contributed by atoms with van der Waals surface area (Å²) < 4.78 is 41.0. The monoisotopic (exact) mass is 364 g/mol. The van der Waals surface area contributed by atoms with Crippen molar-refractivity contribution in [2.45, 2.75) is 13.3 Å². The average molecular weight is 365 g/mol. The smallest absolute Gasteiger partial charge is 0.406 e. The van der Waals surface area contributed by atoms with Crippen LogP contribution in [0.1, 0.15) is 20.8 Å². The summed E-state index contributed by atoms with van der Waals surface area (Å²) in [6.07, 6.45) is -4.77. The van der Waals surface area contributed by atoms with Crippen LogP contribution >= 0.6 is 27.3 Å². The highest BCUT2D eigenvalue weighted by Crippen LogP contribution is 2.30. The highest BCUT2D eigenvalue weighted by molar-refractivity contribution is 9.11. The van der Waals surface area contributed by atoms with E-state index in [1.165, 1.54) is 23.5 Å². The minimum Gasteiger partial charge on any atom is -0.406 e. The van der Waals surface area contributed by atoms with E-state index in [1.54, 1.807) is 6.07 Å². The van der Waals surface area contributed by atoms with Crippen LogP contribution < -0.4 is 4.74 Å². The van der Waals surface area contributed by atoms with Crippen molar-refractivity contribution in [3.8, 4) is 5.75 Å². The molecule has 20 heavy (non-hydrogen) atoms. The number of hydrogen-bond donors (Lipinski definition) is 0. The fraction of sp³-hybridized carbons (Fsp3) is 0.154. The molecular weight excluding hydrogens is 357 g/mol. The maximum Gasteiger partial charge on any atom is 0.573 e. The Hall–Kier alpha value is -1.34. The van der Waals surface area contributed by atoms with Gasteiger partial charge in [-0.3, -0.25) is 4.79 Å². The van der Waals surface area contributed by atoms with Crippen LogP contribution in [0.15, 0.2) is 34.1 Å². The first-order chi connectivity index (χ1) is 9.26. The molecular formula is C13H8BrF3O2S. The second kappa shape index (κ2) is 5.57. The molecule has 2 rings (SSSR count). The standard InChI is InChI=1S/C13H8BrF3O2S/c1-7-5-10(20-12(7)14)11(18)8-3-2-4-9(6-8)19-13(15,16)17/h2-6H,1H3. The van der Waals surface area contributed by atoms with Crippen LogP contribution in [0.5, 0.6) is 5.75 Å². The first-order valence-electron chi connectivity index (χ1n) is 5.43. The third-order valence-electron chi connectivity index (χ3n) is 2.41. The SMILES string of the molecule is Cc1cc(C(=O)c2cccc(OC(F)(F)F)c2)sc1Br. The molecule has 0 spiro atoms. The zero-order valence-electron chi connectivity index (χ0n) is 10.1. The molecule has 1 aromatic heterocycles. The van der Waals surface area contributed by atoms with Crippen LogP contribution in [0.25, 0.3) is 0 Å². The summed E-state index contributed by atoms with van der Waals surface area (Å²) in [4.78, 5) is 12.6. The Kier molecular flexibility index (Phi) is 4.19. The lowest BCUT2D eigenvalue weighted by molar-refractivity contribution is -0.274. The van der Waals surface area contributed by atoms with Gasteiger partial charge in [-0.25, -0.2) is 0 Å². The molecule has 0 saturated carbocycles. The lowest BCUT2D eigenvalue weighted by Crippen LogP contribution is -2.17. The van der Waals surface area contributed by atoms with Crippen LogP contribution in [-0.4, -0.2) is 12.1 Å². The number of hydrogen-bond acceptors (Lipinski definition) is 3. The predicted octanol–water partition coefficient (Wildman–Crippen LogP) is 4.95. The van der Waals surface area contributed by atoms with Crippen LogP contribution in [0, 0.1) is 6.92 Å². The molecule has 0 fully saturated rings. The van der Waals surface area contributed by atoms with Crippen molar-refractivity contribution in [1.82, 2.24) is 0 Å². The van der Waals surface area contributed by atoms with Gasteiger partial charge in [-0.05, 0) is 46.6 Å². The number of thiophene rings is 1. The lowest BCUT2D eigenvalue weighted by Gasteiger charge is -2.09. The van der Waals surface area contributed by atoms with Gasteiger partial charge in [0.25, 0.3) is 0 Å². The van der Waals surface area contributed by atoms with E-state index in [2.05, 4.69) is 20.7 Å². The number of halogens is 4. The normalized spacial score (nSPS) is 11.4. The Labute approximate surface area is 125 Å². The zero-order chi connectivity index (χ0) is 14.9. The quantitative estimate of drug-likeness (QED) is 0.720. The molecule has 7 heteroatoms. The highest BCUT2D eigenvalue weighted by Gasteiger charge is 2.31. The number of carbonyl (C=O) groups excluding carboxylic acids is 1. The molecule has 1 aromatic carbocycles. The number of rotatable bonds is 3. The van der Waals surface area contributed by atoms with Crippen molar-refractivity contribution in [3.63, 3.8) is 0 Å². The summed E-state index contributed by atoms with van der Waals surface area (Å²) in [5.74, 6) is -0.743. The molecule has 0 bridgehead atoms. The van der Waals surface area contributed by atoms with E-state index in [0.717, 1.165) is 21.5 Å². The highest BCUT2D eigenvalue weighted by atomic mass is 79.9. The van der Waals surface area contributed by atoms with Gasteiger partial charge in [-0.2, -0.15) is 0 Å². The summed E-state index contributed by atoms with van der Waals surface area (Å²) in [6, 6.07) is 6.73. The van der Waals surface area contributed by atoms with Crippen molar-refractivity contribution >= 4 is 33.0 Å². The van der Waals surface area contributed by atoms with Crippen LogP contribution in [0.3, 0.4) is 0 Å². The second-order valence-corrected chi connectivity index (χ2v) is 6.34. The third kappa shape index (κ3) is 3.61. The molecule has 0 N–H and O–H groups in total. The number of benzene rings is 1. The zero-order valence-corrected chi connectivity index (χ0v) is 12.5. The Balaban J connectivity index is 2.29. The molecule has 0 radical (unpaired) electrons. The van der Waals surface area contributed by atoms with E-state index in [0.29, 0.717) is 4.88 Å². The van der Waals surface area contributed by atoms with Crippen LogP contribution in [0.2, 0.25) is 0 Å². The molecule has 0 aliphatic carbocycles. The molecule has 2 aromatic rings. The van der Waals surface area contributed by atoms with Gasteiger partial charge in [0, 0.05) is 5.56 Å². The van der Waals surface area contributed by atoms with E-state index in [1.807, 2.05) is 6.92 Å².